The number of carbonyl (C=O) groups is 1. The van der Waals surface area contributed by atoms with E-state index in [2.05, 4.69) is 12.1 Å². The van der Waals surface area contributed by atoms with Gasteiger partial charge in [0.1, 0.15) is 12.4 Å². The summed E-state index contributed by atoms with van der Waals surface area (Å²) in [6.07, 6.45) is 2.71. The molecule has 22 heavy (non-hydrogen) atoms. The molecule has 2 atom stereocenters. The Morgan fingerprint density at radius 2 is 2.05 bits per heavy atom. The Labute approximate surface area is 129 Å². The van der Waals surface area contributed by atoms with Crippen molar-refractivity contribution in [1.29, 1.82) is 0 Å². The second kappa shape index (κ2) is 4.87. The SMILES string of the molecule is O=C(O)[C@@H]1C[C@]12CCc1cc(OCc3ccccc3)ccc12. The van der Waals surface area contributed by atoms with Gasteiger partial charge in [0.05, 0.1) is 5.92 Å². The third-order valence-corrected chi connectivity index (χ3v) is 5.08. The van der Waals surface area contributed by atoms with Crippen LogP contribution in [0, 0.1) is 5.92 Å². The van der Waals surface area contributed by atoms with Crippen molar-refractivity contribution < 1.29 is 14.6 Å². The predicted octanol–water partition coefficient (Wildman–Crippen LogP) is 3.55. The number of benzene rings is 2. The number of carboxylic acids is 1. The summed E-state index contributed by atoms with van der Waals surface area (Å²) >= 11 is 0. The summed E-state index contributed by atoms with van der Waals surface area (Å²) in [5.41, 5.74) is 3.55. The molecule has 0 amide bonds. The molecule has 0 aromatic heterocycles. The van der Waals surface area contributed by atoms with Crippen molar-refractivity contribution in [2.24, 2.45) is 5.92 Å². The predicted molar refractivity (Wildman–Crippen MR) is 83.0 cm³/mol. The Kier molecular flexibility index (Phi) is 2.96. The van der Waals surface area contributed by atoms with Crippen LogP contribution in [0.3, 0.4) is 0 Å². The van der Waals surface area contributed by atoms with E-state index in [0.29, 0.717) is 6.61 Å². The molecule has 2 aliphatic rings. The number of rotatable bonds is 4. The highest BCUT2D eigenvalue weighted by atomic mass is 16.5. The van der Waals surface area contributed by atoms with Gasteiger partial charge in [-0.15, -0.1) is 0 Å². The number of fused-ring (bicyclic) bond motifs is 2. The molecule has 112 valence electrons. The van der Waals surface area contributed by atoms with Gasteiger partial charge in [0, 0.05) is 5.41 Å². The van der Waals surface area contributed by atoms with Crippen molar-refractivity contribution in [3.8, 4) is 5.75 Å². The van der Waals surface area contributed by atoms with Crippen molar-refractivity contribution in [3.63, 3.8) is 0 Å². The standard InChI is InChI=1S/C19H18O3/c20-18(21)17-11-19(17)9-8-14-10-15(6-7-16(14)19)22-12-13-4-2-1-3-5-13/h1-7,10,17H,8-9,11-12H2,(H,20,21)/t17-,19-/m0/s1. The zero-order valence-electron chi connectivity index (χ0n) is 12.3. The van der Waals surface area contributed by atoms with E-state index >= 15 is 0 Å². The Bertz CT molecular complexity index is 723. The van der Waals surface area contributed by atoms with E-state index in [1.54, 1.807) is 0 Å². The molecular weight excluding hydrogens is 276 g/mol. The topological polar surface area (TPSA) is 46.5 Å². The fourth-order valence-corrected chi connectivity index (χ4v) is 3.79. The van der Waals surface area contributed by atoms with Gasteiger partial charge in [-0.05, 0) is 48.1 Å². The van der Waals surface area contributed by atoms with Crippen molar-refractivity contribution >= 4 is 5.97 Å². The van der Waals surface area contributed by atoms with E-state index in [9.17, 15) is 9.90 Å². The molecule has 0 radical (unpaired) electrons. The molecule has 1 saturated carbocycles. The normalized spacial score (nSPS) is 25.0. The van der Waals surface area contributed by atoms with Crippen LogP contribution >= 0.6 is 0 Å². The molecule has 3 nitrogen and oxygen atoms in total. The summed E-state index contributed by atoms with van der Waals surface area (Å²) in [4.78, 5) is 11.2. The van der Waals surface area contributed by atoms with Gasteiger partial charge in [-0.2, -0.15) is 0 Å². The second-order valence-corrected chi connectivity index (χ2v) is 6.34. The third-order valence-electron chi connectivity index (χ3n) is 5.08. The number of hydrogen-bond acceptors (Lipinski definition) is 2. The zero-order valence-corrected chi connectivity index (χ0v) is 12.3. The molecule has 0 bridgehead atoms. The highest BCUT2D eigenvalue weighted by Crippen LogP contribution is 2.61. The van der Waals surface area contributed by atoms with E-state index < -0.39 is 5.97 Å². The highest BCUT2D eigenvalue weighted by Gasteiger charge is 2.61. The van der Waals surface area contributed by atoms with Crippen LogP contribution in [-0.4, -0.2) is 11.1 Å². The van der Waals surface area contributed by atoms with E-state index in [4.69, 9.17) is 4.74 Å². The number of carboxylic acid groups (broad SMARTS) is 1. The first-order chi connectivity index (χ1) is 10.7. The lowest BCUT2D eigenvalue weighted by Crippen LogP contribution is -2.11. The average Bonchev–Trinajstić information content (AvgIpc) is 3.17. The molecule has 0 saturated heterocycles. The summed E-state index contributed by atoms with van der Waals surface area (Å²) in [5.74, 6) is 0.0225. The van der Waals surface area contributed by atoms with Crippen LogP contribution in [0.15, 0.2) is 48.5 Å². The fourth-order valence-electron chi connectivity index (χ4n) is 3.79. The number of ether oxygens (including phenoxy) is 1. The van der Waals surface area contributed by atoms with Crippen molar-refractivity contribution in [1.82, 2.24) is 0 Å². The minimum absolute atomic E-state index is 0.0842. The molecular formula is C19H18O3. The number of aliphatic carboxylic acids is 1. The maximum Gasteiger partial charge on any atom is 0.307 e. The van der Waals surface area contributed by atoms with E-state index in [1.165, 1.54) is 11.1 Å². The minimum Gasteiger partial charge on any atom is -0.489 e. The van der Waals surface area contributed by atoms with Gasteiger partial charge >= 0.3 is 5.97 Å². The molecule has 0 heterocycles. The average molecular weight is 294 g/mol. The first-order valence-electron chi connectivity index (χ1n) is 7.72. The molecule has 1 N–H and O–H groups in total. The molecule has 1 spiro atoms. The van der Waals surface area contributed by atoms with Crippen LogP contribution in [0.25, 0.3) is 0 Å². The smallest absolute Gasteiger partial charge is 0.307 e. The molecule has 2 aliphatic carbocycles. The van der Waals surface area contributed by atoms with Gasteiger partial charge in [-0.25, -0.2) is 0 Å². The highest BCUT2D eigenvalue weighted by molar-refractivity contribution is 5.78. The summed E-state index contributed by atoms with van der Waals surface area (Å²) in [7, 11) is 0. The molecule has 0 aliphatic heterocycles. The van der Waals surface area contributed by atoms with Gasteiger partial charge in [-0.1, -0.05) is 36.4 Å². The number of hydrogen-bond donors (Lipinski definition) is 1. The Hall–Kier alpha value is -2.29. The van der Waals surface area contributed by atoms with Crippen LogP contribution in [-0.2, 0) is 23.2 Å². The van der Waals surface area contributed by atoms with Gasteiger partial charge in [0.15, 0.2) is 0 Å². The van der Waals surface area contributed by atoms with Gasteiger partial charge in [0.25, 0.3) is 0 Å². The summed E-state index contributed by atoms with van der Waals surface area (Å²) in [5, 5.41) is 9.24. The van der Waals surface area contributed by atoms with Crippen molar-refractivity contribution in [2.75, 3.05) is 0 Å². The maximum absolute atomic E-state index is 11.2. The quantitative estimate of drug-likeness (QED) is 0.938. The fraction of sp³-hybridized carbons (Fsp3) is 0.316. The van der Waals surface area contributed by atoms with Crippen LogP contribution < -0.4 is 4.74 Å². The third kappa shape index (κ3) is 2.08. The van der Waals surface area contributed by atoms with E-state index in [-0.39, 0.29) is 11.3 Å². The van der Waals surface area contributed by atoms with Crippen LogP contribution in [0.5, 0.6) is 5.75 Å². The summed E-state index contributed by atoms with van der Waals surface area (Å²) in [6.45, 7) is 0.558. The molecule has 0 unspecified atom stereocenters. The monoisotopic (exact) mass is 294 g/mol. The first kappa shape index (κ1) is 13.4. The number of aryl methyl sites for hydroxylation is 1. The lowest BCUT2D eigenvalue weighted by atomic mass is 9.95. The Morgan fingerprint density at radius 3 is 2.77 bits per heavy atom. The van der Waals surface area contributed by atoms with E-state index in [0.717, 1.165) is 30.6 Å². The first-order valence-corrected chi connectivity index (χ1v) is 7.72. The minimum atomic E-state index is -0.655. The summed E-state index contributed by atoms with van der Waals surface area (Å²) < 4.78 is 5.86. The van der Waals surface area contributed by atoms with E-state index in [1.807, 2.05) is 36.4 Å². The molecule has 2 aromatic carbocycles. The lowest BCUT2D eigenvalue weighted by Gasteiger charge is -2.12. The summed E-state index contributed by atoms with van der Waals surface area (Å²) in [6, 6.07) is 16.2. The molecule has 3 heteroatoms. The maximum atomic E-state index is 11.2. The second-order valence-electron chi connectivity index (χ2n) is 6.34. The van der Waals surface area contributed by atoms with Crippen molar-refractivity contribution in [2.45, 2.75) is 31.3 Å². The van der Waals surface area contributed by atoms with Gasteiger partial charge < -0.3 is 9.84 Å². The van der Waals surface area contributed by atoms with Gasteiger partial charge in [-0.3, -0.25) is 4.79 Å². The van der Waals surface area contributed by atoms with Crippen LogP contribution in [0.2, 0.25) is 0 Å². The molecule has 1 fully saturated rings. The lowest BCUT2D eigenvalue weighted by molar-refractivity contribution is -0.139. The molecule has 4 rings (SSSR count). The molecule has 2 aromatic rings. The Morgan fingerprint density at radius 1 is 1.23 bits per heavy atom. The largest absolute Gasteiger partial charge is 0.489 e. The Balaban J connectivity index is 1.51. The zero-order chi connectivity index (χ0) is 15.2. The van der Waals surface area contributed by atoms with Crippen LogP contribution in [0.4, 0.5) is 0 Å². The van der Waals surface area contributed by atoms with Crippen molar-refractivity contribution in [3.05, 3.63) is 65.2 Å². The van der Waals surface area contributed by atoms with Gasteiger partial charge in [0.2, 0.25) is 0 Å². The van der Waals surface area contributed by atoms with Crippen LogP contribution in [0.1, 0.15) is 29.5 Å².